The van der Waals surface area contributed by atoms with Gasteiger partial charge in [0.2, 0.25) is 0 Å². The maximum Gasteiger partial charge on any atom is 0.387 e. The van der Waals surface area contributed by atoms with Gasteiger partial charge in [-0.15, -0.1) is 0 Å². The smallest absolute Gasteiger partial charge is 0.387 e. The van der Waals surface area contributed by atoms with E-state index in [9.17, 15) is 18.0 Å². The van der Waals surface area contributed by atoms with Crippen LogP contribution >= 0.6 is 0 Å². The Labute approximate surface area is 108 Å². The molecule has 0 radical (unpaired) electrons. The summed E-state index contributed by atoms with van der Waals surface area (Å²) in [4.78, 5) is 11.0. The fraction of sp³-hybridized carbons (Fsp3) is 0.462. The van der Waals surface area contributed by atoms with Gasteiger partial charge in [0.05, 0.1) is 5.92 Å². The summed E-state index contributed by atoms with van der Waals surface area (Å²) in [5.74, 6) is -3.10. The van der Waals surface area contributed by atoms with Crippen molar-refractivity contribution in [3.05, 3.63) is 29.6 Å². The second-order valence-corrected chi connectivity index (χ2v) is 5.18. The van der Waals surface area contributed by atoms with Gasteiger partial charge in [0, 0.05) is 12.0 Å². The molecule has 0 heterocycles. The number of hydrogen-bond acceptors (Lipinski definition) is 2. The minimum absolute atomic E-state index is 0.221. The highest BCUT2D eigenvalue weighted by atomic mass is 19.3. The van der Waals surface area contributed by atoms with Crippen molar-refractivity contribution in [3.63, 3.8) is 0 Å². The van der Waals surface area contributed by atoms with E-state index in [1.165, 1.54) is 12.1 Å². The highest BCUT2D eigenvalue weighted by Crippen LogP contribution is 2.64. The Hall–Kier alpha value is -1.72. The summed E-state index contributed by atoms with van der Waals surface area (Å²) in [6.45, 7) is 0.452. The fourth-order valence-electron chi connectivity index (χ4n) is 2.62. The highest BCUT2D eigenvalue weighted by Gasteiger charge is 2.63. The molecule has 2 unspecified atom stereocenters. The topological polar surface area (TPSA) is 46.5 Å². The number of hydrogen-bond donors (Lipinski definition) is 1. The lowest BCUT2D eigenvalue weighted by Crippen LogP contribution is -2.03. The Balaban J connectivity index is 2.26. The third kappa shape index (κ3) is 2.39. The van der Waals surface area contributed by atoms with Crippen LogP contribution in [0, 0.1) is 17.2 Å². The number of carbonyl (C=O) groups is 1. The van der Waals surface area contributed by atoms with Gasteiger partial charge in [-0.1, -0.05) is 19.9 Å². The van der Waals surface area contributed by atoms with Crippen molar-refractivity contribution in [1.82, 2.24) is 0 Å². The molecule has 0 saturated heterocycles. The van der Waals surface area contributed by atoms with Crippen molar-refractivity contribution < 1.29 is 27.8 Å². The molecule has 0 aromatic heterocycles. The second kappa shape index (κ2) is 4.43. The average Bonchev–Trinajstić information content (AvgIpc) is 2.80. The lowest BCUT2D eigenvalue weighted by atomic mass is 10.0. The van der Waals surface area contributed by atoms with Gasteiger partial charge in [-0.2, -0.15) is 8.78 Å². The summed E-state index contributed by atoms with van der Waals surface area (Å²) in [6, 6.07) is 3.38. The summed E-state index contributed by atoms with van der Waals surface area (Å²) in [7, 11) is 0. The average molecular weight is 274 g/mol. The van der Waals surface area contributed by atoms with Crippen molar-refractivity contribution in [2.24, 2.45) is 11.3 Å². The van der Waals surface area contributed by atoms with E-state index >= 15 is 0 Å². The standard InChI is InChI=1S/C13H13F3O3/c1-13(2)9(10(13)11(17)18)7-4-3-6(5-8(7)14)19-12(15)16/h3-5,9-10,12H,1-2H3,(H,17,18). The van der Waals surface area contributed by atoms with Gasteiger partial charge in [-0.3, -0.25) is 4.79 Å². The van der Waals surface area contributed by atoms with E-state index in [1.54, 1.807) is 13.8 Å². The van der Waals surface area contributed by atoms with Crippen LogP contribution in [0.1, 0.15) is 25.3 Å². The Morgan fingerprint density at radius 1 is 1.42 bits per heavy atom. The molecule has 1 fully saturated rings. The van der Waals surface area contributed by atoms with Crippen LogP contribution in [-0.4, -0.2) is 17.7 Å². The van der Waals surface area contributed by atoms with Gasteiger partial charge < -0.3 is 9.84 Å². The molecule has 2 rings (SSSR count). The first-order valence-electron chi connectivity index (χ1n) is 5.72. The molecular formula is C13H13F3O3. The van der Waals surface area contributed by atoms with Crippen molar-refractivity contribution in [2.45, 2.75) is 26.4 Å². The lowest BCUT2D eigenvalue weighted by Gasteiger charge is -2.08. The molecular weight excluding hydrogens is 261 g/mol. The highest BCUT2D eigenvalue weighted by molar-refractivity contribution is 5.77. The van der Waals surface area contributed by atoms with Crippen LogP contribution in [0.25, 0.3) is 0 Å². The lowest BCUT2D eigenvalue weighted by molar-refractivity contribution is -0.139. The zero-order valence-electron chi connectivity index (χ0n) is 10.4. The zero-order chi connectivity index (χ0) is 14.4. The monoisotopic (exact) mass is 274 g/mol. The quantitative estimate of drug-likeness (QED) is 0.916. The first-order valence-corrected chi connectivity index (χ1v) is 5.72. The van der Waals surface area contributed by atoms with E-state index in [2.05, 4.69) is 4.74 Å². The molecule has 0 spiro atoms. The third-order valence-corrected chi connectivity index (χ3v) is 3.63. The first-order chi connectivity index (χ1) is 8.75. The van der Waals surface area contributed by atoms with E-state index in [0.717, 1.165) is 6.07 Å². The van der Waals surface area contributed by atoms with Gasteiger partial charge in [0.15, 0.2) is 0 Å². The summed E-state index contributed by atoms with van der Waals surface area (Å²) >= 11 is 0. The minimum atomic E-state index is -3.02. The Morgan fingerprint density at radius 3 is 2.47 bits per heavy atom. The summed E-state index contributed by atoms with van der Waals surface area (Å²) < 4.78 is 41.9. The molecule has 1 aliphatic rings. The molecule has 19 heavy (non-hydrogen) atoms. The van der Waals surface area contributed by atoms with Crippen molar-refractivity contribution in [3.8, 4) is 5.75 Å². The molecule has 0 aliphatic heterocycles. The van der Waals surface area contributed by atoms with Gasteiger partial charge in [-0.05, 0) is 17.0 Å². The summed E-state index contributed by atoms with van der Waals surface area (Å²) in [6.07, 6.45) is 0. The largest absolute Gasteiger partial charge is 0.481 e. The molecule has 104 valence electrons. The van der Waals surface area contributed by atoms with E-state index in [1.807, 2.05) is 0 Å². The Morgan fingerprint density at radius 2 is 2.05 bits per heavy atom. The van der Waals surface area contributed by atoms with Gasteiger partial charge >= 0.3 is 12.6 Å². The molecule has 1 saturated carbocycles. The number of alkyl halides is 2. The van der Waals surface area contributed by atoms with E-state index in [4.69, 9.17) is 5.11 Å². The molecule has 1 N–H and O–H groups in total. The molecule has 1 aromatic carbocycles. The van der Waals surface area contributed by atoms with Gasteiger partial charge in [0.25, 0.3) is 0 Å². The maximum absolute atomic E-state index is 13.9. The summed E-state index contributed by atoms with van der Waals surface area (Å²) in [5.41, 5.74) is -0.323. The van der Waals surface area contributed by atoms with Crippen LogP contribution in [0.3, 0.4) is 0 Å². The SMILES string of the molecule is CC1(C)C(C(=O)O)C1c1ccc(OC(F)F)cc1F. The molecule has 3 nitrogen and oxygen atoms in total. The van der Waals surface area contributed by atoms with Gasteiger partial charge in [-0.25, -0.2) is 4.39 Å². The molecule has 1 aliphatic carbocycles. The van der Waals surface area contributed by atoms with Crippen LogP contribution in [0.5, 0.6) is 5.75 Å². The Kier molecular flexibility index (Phi) is 3.20. The predicted molar refractivity (Wildman–Crippen MR) is 60.7 cm³/mol. The predicted octanol–water partition coefficient (Wildman–Crippen LogP) is 3.25. The third-order valence-electron chi connectivity index (χ3n) is 3.63. The van der Waals surface area contributed by atoms with Crippen LogP contribution in [0.4, 0.5) is 13.2 Å². The van der Waals surface area contributed by atoms with Crippen molar-refractivity contribution in [2.75, 3.05) is 0 Å². The number of benzene rings is 1. The van der Waals surface area contributed by atoms with E-state index < -0.39 is 35.6 Å². The number of carboxylic acids is 1. The number of aliphatic carboxylic acids is 1. The maximum atomic E-state index is 13.9. The Bertz CT molecular complexity index is 514. The number of carboxylic acid groups (broad SMARTS) is 1. The van der Waals surface area contributed by atoms with Crippen molar-refractivity contribution in [1.29, 1.82) is 0 Å². The second-order valence-electron chi connectivity index (χ2n) is 5.18. The van der Waals surface area contributed by atoms with Crippen LogP contribution < -0.4 is 4.74 Å². The summed E-state index contributed by atoms with van der Waals surface area (Å²) in [5, 5.41) is 9.04. The molecule has 0 bridgehead atoms. The molecule has 1 aromatic rings. The first kappa shape index (κ1) is 13.7. The van der Waals surface area contributed by atoms with Crippen LogP contribution in [0.2, 0.25) is 0 Å². The number of rotatable bonds is 4. The fourth-order valence-corrected chi connectivity index (χ4v) is 2.62. The van der Waals surface area contributed by atoms with Crippen molar-refractivity contribution >= 4 is 5.97 Å². The zero-order valence-corrected chi connectivity index (χ0v) is 10.4. The number of halogens is 3. The van der Waals surface area contributed by atoms with Crippen LogP contribution in [-0.2, 0) is 4.79 Å². The minimum Gasteiger partial charge on any atom is -0.481 e. The molecule has 0 amide bonds. The molecule has 2 atom stereocenters. The normalized spacial score (nSPS) is 24.3. The van der Waals surface area contributed by atoms with E-state index in [-0.39, 0.29) is 11.3 Å². The number of ether oxygens (including phenoxy) is 1. The van der Waals surface area contributed by atoms with Crippen LogP contribution in [0.15, 0.2) is 18.2 Å². The van der Waals surface area contributed by atoms with Gasteiger partial charge in [0.1, 0.15) is 11.6 Å². The van der Waals surface area contributed by atoms with E-state index in [0.29, 0.717) is 0 Å². The molecule has 6 heteroatoms.